The molecule has 0 spiro atoms. The summed E-state index contributed by atoms with van der Waals surface area (Å²) in [5, 5.41) is 4.01. The van der Waals surface area contributed by atoms with Crippen molar-refractivity contribution in [2.75, 3.05) is 7.11 Å². The Morgan fingerprint density at radius 2 is 1.15 bits per heavy atom. The number of hydrogen-bond donors (Lipinski definition) is 2. The van der Waals surface area contributed by atoms with Crippen LogP contribution in [0.1, 0.15) is 66.2 Å². The van der Waals surface area contributed by atoms with Gasteiger partial charge in [0.05, 0.1) is 7.11 Å². The minimum atomic E-state index is 0. The lowest BCUT2D eigenvalue weighted by atomic mass is 10.1. The van der Waals surface area contributed by atoms with Gasteiger partial charge in [0, 0.05) is 37.9 Å². The van der Waals surface area contributed by atoms with E-state index in [4.69, 9.17) is 4.74 Å². The maximum atomic E-state index is 5.10. The van der Waals surface area contributed by atoms with Gasteiger partial charge in [-0.25, -0.2) is 0 Å². The zero-order valence-corrected chi connectivity index (χ0v) is 27.8. The number of aryl methyl sites for hydroxylation is 8. The second-order valence-corrected chi connectivity index (χ2v) is 12.7. The second-order valence-electron chi connectivity index (χ2n) is 11.4. The zero-order valence-electron chi connectivity index (χ0n) is 27.0. The molecule has 0 amide bonds. The van der Waals surface area contributed by atoms with Gasteiger partial charge >= 0.3 is 0 Å². The maximum Gasteiger partial charge on any atom is 0.121 e. The van der Waals surface area contributed by atoms with Crippen LogP contribution in [0, 0.1) is 55.4 Å². The van der Waals surface area contributed by atoms with E-state index >= 15 is 0 Å². The number of rotatable bonds is 1. The summed E-state index contributed by atoms with van der Waals surface area (Å²) in [5.74, 6) is 0.964. The second kappa shape index (κ2) is 18.0. The molecule has 0 aliphatic carbocycles. The van der Waals surface area contributed by atoms with Crippen LogP contribution in [-0.4, -0.2) is 17.1 Å². The van der Waals surface area contributed by atoms with Crippen LogP contribution in [-0.2, 0) is 0 Å². The molecule has 0 saturated heterocycles. The number of fused-ring (bicyclic) bond motifs is 3. The Hall–Kier alpha value is -4.28. The number of benzene rings is 4. The summed E-state index contributed by atoms with van der Waals surface area (Å²) >= 11 is 1.87. The lowest BCUT2D eigenvalue weighted by Crippen LogP contribution is -1.86. The lowest BCUT2D eigenvalue weighted by molar-refractivity contribution is 0.411. The molecule has 0 atom stereocenters. The highest BCUT2D eigenvalue weighted by molar-refractivity contribution is 7.19. The molecule has 7 aromatic rings. The molecule has 3 aromatic heterocycles. The first-order chi connectivity index (χ1) is 20.5. The van der Waals surface area contributed by atoms with E-state index in [1.165, 1.54) is 75.8 Å². The van der Waals surface area contributed by atoms with Crippen molar-refractivity contribution in [1.82, 2.24) is 9.97 Å². The van der Waals surface area contributed by atoms with Crippen molar-refractivity contribution in [2.24, 2.45) is 0 Å². The van der Waals surface area contributed by atoms with E-state index in [9.17, 15) is 0 Å². The summed E-state index contributed by atoms with van der Waals surface area (Å²) in [6.07, 6.45) is 2.05. The highest BCUT2D eigenvalue weighted by atomic mass is 32.1. The predicted molar refractivity (Wildman–Crippen MR) is 210 cm³/mol. The van der Waals surface area contributed by atoms with E-state index in [0.717, 1.165) is 5.75 Å². The van der Waals surface area contributed by atoms with Crippen molar-refractivity contribution < 1.29 is 4.74 Å². The summed E-state index contributed by atoms with van der Waals surface area (Å²) in [6.45, 7) is 16.8. The predicted octanol–water partition coefficient (Wildman–Crippen LogP) is 13.3. The molecule has 3 nitrogen and oxygen atoms in total. The first-order valence-corrected chi connectivity index (χ1v) is 15.5. The summed E-state index contributed by atoms with van der Waals surface area (Å²) < 4.78 is 6.51. The van der Waals surface area contributed by atoms with Crippen molar-refractivity contribution in [2.45, 2.75) is 77.7 Å². The third-order valence-corrected chi connectivity index (χ3v) is 8.32. The van der Waals surface area contributed by atoms with Gasteiger partial charge in [0.15, 0.2) is 0 Å². The number of ether oxygens (including phenoxy) is 1. The quantitative estimate of drug-likeness (QED) is 0.185. The molecule has 4 heteroatoms. The fourth-order valence-electron chi connectivity index (χ4n) is 5.08. The fourth-order valence-corrected chi connectivity index (χ4v) is 6.10. The topological polar surface area (TPSA) is 40.8 Å². The molecule has 4 aromatic carbocycles. The molecule has 0 aliphatic rings. The van der Waals surface area contributed by atoms with E-state index < -0.39 is 0 Å². The number of aromatic nitrogens is 2. The summed E-state index contributed by atoms with van der Waals surface area (Å²) in [7, 11) is 1.69. The third-order valence-electron chi connectivity index (χ3n) is 7.30. The van der Waals surface area contributed by atoms with Crippen LogP contribution in [0.5, 0.6) is 5.75 Å². The van der Waals surface area contributed by atoms with Gasteiger partial charge in [-0.1, -0.05) is 75.9 Å². The largest absolute Gasteiger partial charge is 0.496 e. The monoisotopic (exact) mass is 636 g/mol. The number of H-pyrrole nitrogens is 2. The van der Waals surface area contributed by atoms with Gasteiger partial charge in [0.2, 0.25) is 0 Å². The maximum absolute atomic E-state index is 5.10. The number of methoxy groups -OCH3 is 1. The molecule has 46 heavy (non-hydrogen) atoms. The minimum Gasteiger partial charge on any atom is -0.496 e. The first kappa shape index (κ1) is 39.7. The third kappa shape index (κ3) is 10.7. The van der Waals surface area contributed by atoms with Crippen molar-refractivity contribution in [3.05, 3.63) is 135 Å². The van der Waals surface area contributed by atoms with Crippen LogP contribution >= 0.6 is 11.3 Å². The van der Waals surface area contributed by atoms with Crippen molar-refractivity contribution >= 4 is 43.2 Å². The van der Waals surface area contributed by atoms with Crippen LogP contribution < -0.4 is 4.74 Å². The highest BCUT2D eigenvalue weighted by Crippen LogP contribution is 2.25. The Bertz CT molecular complexity index is 1860. The number of hydrogen-bond acceptors (Lipinski definition) is 2. The average Bonchev–Trinajstić information content (AvgIpc) is 3.63. The Morgan fingerprint density at radius 3 is 1.85 bits per heavy atom. The SMILES string of the molecule is C.C.C.COc1ccc(C)cc1C.Cc1ccc2[nH]c(C)cc2c1.Cc1ccc2c(C)c[nH]c2c1.Cc1ccc2cc(C)sc2c1. The van der Waals surface area contributed by atoms with E-state index in [0.29, 0.717) is 0 Å². The van der Waals surface area contributed by atoms with Crippen LogP contribution in [0.3, 0.4) is 0 Å². The van der Waals surface area contributed by atoms with E-state index in [-0.39, 0.29) is 22.3 Å². The smallest absolute Gasteiger partial charge is 0.121 e. The van der Waals surface area contributed by atoms with Gasteiger partial charge in [-0.2, -0.15) is 0 Å². The molecule has 2 N–H and O–H groups in total. The minimum absolute atomic E-state index is 0. The molecule has 0 unspecified atom stereocenters. The summed E-state index contributed by atoms with van der Waals surface area (Å²) in [6, 6.07) is 30.1. The lowest BCUT2D eigenvalue weighted by Gasteiger charge is -2.03. The van der Waals surface area contributed by atoms with E-state index in [2.05, 4.69) is 131 Å². The van der Waals surface area contributed by atoms with Crippen molar-refractivity contribution in [1.29, 1.82) is 0 Å². The molecule has 0 bridgehead atoms. The van der Waals surface area contributed by atoms with Crippen molar-refractivity contribution in [3.8, 4) is 5.75 Å². The number of nitrogens with one attached hydrogen (secondary N) is 2. The number of aromatic amines is 2. The van der Waals surface area contributed by atoms with Crippen LogP contribution in [0.2, 0.25) is 0 Å². The van der Waals surface area contributed by atoms with Crippen LogP contribution in [0.25, 0.3) is 31.9 Å². The summed E-state index contributed by atoms with van der Waals surface area (Å²) in [4.78, 5) is 7.91. The Kier molecular flexibility index (Phi) is 15.6. The number of thiophene rings is 1. The molecular weight excluding hydrogens is 581 g/mol. The van der Waals surface area contributed by atoms with Gasteiger partial charge in [-0.15, -0.1) is 11.3 Å². The van der Waals surface area contributed by atoms with Crippen molar-refractivity contribution in [3.63, 3.8) is 0 Å². The van der Waals surface area contributed by atoms with Gasteiger partial charge in [0.25, 0.3) is 0 Å². The Labute approximate surface area is 282 Å². The van der Waals surface area contributed by atoms with Crippen LogP contribution in [0.15, 0.2) is 91.1 Å². The zero-order chi connectivity index (χ0) is 31.1. The average molecular weight is 637 g/mol. The summed E-state index contributed by atoms with van der Waals surface area (Å²) in [5.41, 5.74) is 11.5. The molecular formula is C42H56N2OS. The van der Waals surface area contributed by atoms with Gasteiger partial charge in [-0.3, -0.25) is 0 Å². The van der Waals surface area contributed by atoms with E-state index in [1.54, 1.807) is 7.11 Å². The highest BCUT2D eigenvalue weighted by Gasteiger charge is 1.99. The molecule has 0 fully saturated rings. The molecule has 7 rings (SSSR count). The molecule has 0 saturated carbocycles. The molecule has 0 radical (unpaired) electrons. The van der Waals surface area contributed by atoms with Gasteiger partial charge in [0.1, 0.15) is 5.75 Å². The molecule has 0 aliphatic heterocycles. The fraction of sp³-hybridized carbons (Fsp3) is 0.286. The standard InChI is InChI=1S/2C10H11N.C10H10S.C9H12O.3CH4/c1-7-3-4-10-9(5-7)6-8(2)11-10;1-7-3-4-9-8(2)6-11-10(9)5-7;1-7-3-4-9-6-8(2)11-10(9)5-7;1-7-4-5-9(10-3)8(2)6-7;;;/h2*3-6,11H,1-2H3;3-6H,1-2H3;4-6H,1-3H3;3*1H4. The van der Waals surface area contributed by atoms with Gasteiger partial charge < -0.3 is 14.7 Å². The van der Waals surface area contributed by atoms with Crippen LogP contribution in [0.4, 0.5) is 0 Å². The Balaban J connectivity index is 0.000000300. The molecule has 246 valence electrons. The Morgan fingerprint density at radius 1 is 0.543 bits per heavy atom. The first-order valence-electron chi connectivity index (χ1n) is 14.7. The van der Waals surface area contributed by atoms with E-state index in [1.807, 2.05) is 36.6 Å². The normalized spacial score (nSPS) is 9.76. The molecule has 3 heterocycles. The van der Waals surface area contributed by atoms with Gasteiger partial charge in [-0.05, 0) is 131 Å².